The van der Waals surface area contributed by atoms with Gasteiger partial charge in [0.15, 0.2) is 15.0 Å². The summed E-state index contributed by atoms with van der Waals surface area (Å²) in [5.41, 5.74) is 1.98. The summed E-state index contributed by atoms with van der Waals surface area (Å²) in [5.74, 6) is 0. The molecular weight excluding hydrogens is 518 g/mol. The average Bonchev–Trinajstić information content (AvgIpc) is 3.19. The summed E-state index contributed by atoms with van der Waals surface area (Å²) in [6.07, 6.45) is 1.69. The van der Waals surface area contributed by atoms with Crippen LogP contribution < -0.4 is 4.90 Å². The Balaban J connectivity index is 1.41. The average molecular weight is 536 g/mol. The van der Waals surface area contributed by atoms with E-state index in [0.29, 0.717) is 47.4 Å². The Hall–Kier alpha value is -1.02. The minimum absolute atomic E-state index is 0.148. The maximum atomic E-state index is 13.0. The molecule has 0 atom stereocenters. The van der Waals surface area contributed by atoms with Crippen LogP contribution >= 0.6 is 57.7 Å². The van der Waals surface area contributed by atoms with Crippen LogP contribution in [0, 0.1) is 0 Å². The van der Waals surface area contributed by atoms with Crippen LogP contribution in [0.4, 0.5) is 5.13 Å². The third-order valence-corrected chi connectivity index (χ3v) is 9.93. The van der Waals surface area contributed by atoms with Crippen LogP contribution in [0.25, 0.3) is 0 Å². The first-order chi connectivity index (χ1) is 14.7. The lowest BCUT2D eigenvalue weighted by Crippen LogP contribution is -2.39. The molecule has 0 bridgehead atoms. The standard InChI is InChI=1S/C21H18Cl4N2O2S2/c22-14-2-4-20(19(25)11-14)31(28,29)16-5-7-27(8-6-16)21-26-15(12-30-21)9-13-1-3-17(23)18(24)10-13/h1-4,10-12,16H,5-9H2. The predicted molar refractivity (Wildman–Crippen MR) is 130 cm³/mol. The number of piperidine rings is 1. The molecule has 10 heteroatoms. The van der Waals surface area contributed by atoms with Gasteiger partial charge in [0.05, 0.1) is 30.9 Å². The predicted octanol–water partition coefficient (Wildman–Crippen LogP) is 6.79. The highest BCUT2D eigenvalue weighted by atomic mass is 35.5. The van der Waals surface area contributed by atoms with Crippen molar-refractivity contribution in [2.45, 2.75) is 29.4 Å². The fourth-order valence-electron chi connectivity index (χ4n) is 3.62. The van der Waals surface area contributed by atoms with E-state index >= 15 is 0 Å². The largest absolute Gasteiger partial charge is 0.348 e. The third kappa shape index (κ3) is 5.15. The number of halogens is 4. The van der Waals surface area contributed by atoms with Gasteiger partial charge >= 0.3 is 0 Å². The first-order valence-corrected chi connectivity index (χ1v) is 13.5. The highest BCUT2D eigenvalue weighted by Crippen LogP contribution is 2.33. The fraction of sp³-hybridized carbons (Fsp3) is 0.286. The van der Waals surface area contributed by atoms with E-state index < -0.39 is 15.1 Å². The molecule has 1 aliphatic rings. The van der Waals surface area contributed by atoms with Gasteiger partial charge in [0.2, 0.25) is 0 Å². The van der Waals surface area contributed by atoms with Crippen molar-refractivity contribution in [3.8, 4) is 0 Å². The molecule has 3 aromatic rings. The number of hydrogen-bond acceptors (Lipinski definition) is 5. The molecule has 0 saturated carbocycles. The van der Waals surface area contributed by atoms with Crippen LogP contribution in [-0.4, -0.2) is 31.7 Å². The topological polar surface area (TPSA) is 50.3 Å². The number of anilines is 1. The van der Waals surface area contributed by atoms with Crippen LogP contribution in [0.5, 0.6) is 0 Å². The summed E-state index contributed by atoms with van der Waals surface area (Å²) in [5, 5.41) is 4.09. The van der Waals surface area contributed by atoms with E-state index in [1.165, 1.54) is 12.1 Å². The van der Waals surface area contributed by atoms with Crippen molar-refractivity contribution in [2.24, 2.45) is 0 Å². The second-order valence-corrected chi connectivity index (χ2v) is 12.0. The Morgan fingerprint density at radius 1 is 0.968 bits per heavy atom. The first kappa shape index (κ1) is 23.1. The van der Waals surface area contributed by atoms with Crippen molar-refractivity contribution in [1.82, 2.24) is 4.98 Å². The van der Waals surface area contributed by atoms with Crippen molar-refractivity contribution in [3.63, 3.8) is 0 Å². The molecule has 0 unspecified atom stereocenters. The second-order valence-electron chi connectivity index (χ2n) is 7.35. The smallest absolute Gasteiger partial charge is 0.185 e. The number of benzene rings is 2. The molecular formula is C21H18Cl4N2O2S2. The molecule has 1 aliphatic heterocycles. The minimum atomic E-state index is -3.52. The highest BCUT2D eigenvalue weighted by Gasteiger charge is 2.33. The van der Waals surface area contributed by atoms with Crippen molar-refractivity contribution < 1.29 is 8.42 Å². The molecule has 1 fully saturated rings. The molecule has 2 heterocycles. The summed E-state index contributed by atoms with van der Waals surface area (Å²) in [6, 6.07) is 10.1. The molecule has 0 N–H and O–H groups in total. The number of aromatic nitrogens is 1. The molecule has 0 spiro atoms. The Morgan fingerprint density at radius 2 is 1.71 bits per heavy atom. The summed E-state index contributed by atoms with van der Waals surface area (Å²) in [4.78, 5) is 7.02. The number of sulfone groups is 1. The normalized spacial score (nSPS) is 15.4. The zero-order chi connectivity index (χ0) is 22.2. The monoisotopic (exact) mass is 534 g/mol. The molecule has 0 radical (unpaired) electrons. The Morgan fingerprint density at radius 3 is 2.39 bits per heavy atom. The number of hydrogen-bond donors (Lipinski definition) is 0. The molecule has 4 nitrogen and oxygen atoms in total. The van der Waals surface area contributed by atoms with Gasteiger partial charge in [0.1, 0.15) is 0 Å². The highest BCUT2D eigenvalue weighted by molar-refractivity contribution is 7.92. The van der Waals surface area contributed by atoms with E-state index in [-0.39, 0.29) is 9.92 Å². The van der Waals surface area contributed by atoms with Gasteiger partial charge in [-0.15, -0.1) is 11.3 Å². The van der Waals surface area contributed by atoms with E-state index in [0.717, 1.165) is 16.4 Å². The van der Waals surface area contributed by atoms with Gasteiger partial charge in [-0.25, -0.2) is 13.4 Å². The van der Waals surface area contributed by atoms with E-state index in [1.54, 1.807) is 23.5 Å². The van der Waals surface area contributed by atoms with Crippen molar-refractivity contribution in [3.05, 3.63) is 73.1 Å². The lowest BCUT2D eigenvalue weighted by atomic mass is 10.1. The van der Waals surface area contributed by atoms with E-state index in [1.807, 2.05) is 17.5 Å². The molecule has 31 heavy (non-hydrogen) atoms. The van der Waals surface area contributed by atoms with Gasteiger partial charge in [-0.2, -0.15) is 0 Å². The maximum absolute atomic E-state index is 13.0. The van der Waals surface area contributed by atoms with Gasteiger partial charge in [0.25, 0.3) is 0 Å². The lowest BCUT2D eigenvalue weighted by molar-refractivity contribution is 0.529. The lowest BCUT2D eigenvalue weighted by Gasteiger charge is -2.31. The number of thiazole rings is 1. The van der Waals surface area contributed by atoms with Gasteiger partial charge in [-0.05, 0) is 48.7 Å². The van der Waals surface area contributed by atoms with Crippen molar-refractivity contribution in [1.29, 1.82) is 0 Å². The first-order valence-electron chi connectivity index (χ1n) is 9.56. The number of nitrogens with zero attached hydrogens (tertiary/aromatic N) is 2. The Bertz CT molecular complexity index is 1210. The third-order valence-electron chi connectivity index (χ3n) is 5.26. The molecule has 4 rings (SSSR count). The van der Waals surface area contributed by atoms with E-state index in [9.17, 15) is 8.42 Å². The molecule has 2 aromatic carbocycles. The maximum Gasteiger partial charge on any atom is 0.185 e. The molecule has 1 saturated heterocycles. The summed E-state index contributed by atoms with van der Waals surface area (Å²) in [6.45, 7) is 1.24. The molecule has 0 aliphatic carbocycles. The van der Waals surface area contributed by atoms with E-state index in [2.05, 4.69) is 4.90 Å². The summed E-state index contributed by atoms with van der Waals surface area (Å²) < 4.78 is 26.1. The number of rotatable bonds is 5. The zero-order valence-electron chi connectivity index (χ0n) is 16.2. The van der Waals surface area contributed by atoms with Gasteiger partial charge in [0, 0.05) is 29.9 Å². The zero-order valence-corrected chi connectivity index (χ0v) is 20.9. The van der Waals surface area contributed by atoms with Gasteiger partial charge in [-0.3, -0.25) is 0 Å². The van der Waals surface area contributed by atoms with Crippen LogP contribution in [0.15, 0.2) is 46.7 Å². The van der Waals surface area contributed by atoms with Crippen LogP contribution in [0.2, 0.25) is 20.1 Å². The van der Waals surface area contributed by atoms with Crippen molar-refractivity contribution >= 4 is 72.7 Å². The Labute approximate surface area is 205 Å². The summed E-state index contributed by atoms with van der Waals surface area (Å²) in [7, 11) is -3.52. The second kappa shape index (κ2) is 9.46. The molecule has 164 valence electrons. The Kier molecular flexibility index (Phi) is 7.06. The van der Waals surface area contributed by atoms with Gasteiger partial charge < -0.3 is 4.90 Å². The van der Waals surface area contributed by atoms with Crippen LogP contribution in [-0.2, 0) is 16.3 Å². The van der Waals surface area contributed by atoms with Crippen LogP contribution in [0.1, 0.15) is 24.1 Å². The summed E-state index contributed by atoms with van der Waals surface area (Å²) >= 11 is 25.7. The van der Waals surface area contributed by atoms with E-state index in [4.69, 9.17) is 51.4 Å². The quantitative estimate of drug-likeness (QED) is 0.361. The van der Waals surface area contributed by atoms with Crippen LogP contribution in [0.3, 0.4) is 0 Å². The minimum Gasteiger partial charge on any atom is -0.348 e. The molecule has 0 amide bonds. The molecule has 1 aromatic heterocycles. The van der Waals surface area contributed by atoms with Gasteiger partial charge in [-0.1, -0.05) is 52.5 Å². The fourth-order valence-corrected chi connectivity index (χ4v) is 7.33. The SMILES string of the molecule is O=S(=O)(c1ccc(Cl)cc1Cl)C1CCN(c2nc(Cc3ccc(Cl)c(Cl)c3)cs2)CC1. The van der Waals surface area contributed by atoms with Crippen molar-refractivity contribution in [2.75, 3.05) is 18.0 Å².